The second-order valence-electron chi connectivity index (χ2n) is 6.49. The SMILES string of the molecule is CCCc1c(-c2cccnc2)c(C(N)=O)c(C)n1C(C)C(C)C. The van der Waals surface area contributed by atoms with E-state index in [1.807, 2.05) is 25.3 Å². The lowest BCUT2D eigenvalue weighted by Gasteiger charge is -2.23. The number of hydrogen-bond donors (Lipinski definition) is 1. The Bertz CT molecular complexity index is 686. The summed E-state index contributed by atoms with van der Waals surface area (Å²) in [6.45, 7) is 10.8. The maximum Gasteiger partial charge on any atom is 0.251 e. The summed E-state index contributed by atoms with van der Waals surface area (Å²) < 4.78 is 2.30. The number of primary amides is 1. The van der Waals surface area contributed by atoms with Crippen LogP contribution in [0.4, 0.5) is 0 Å². The van der Waals surface area contributed by atoms with Gasteiger partial charge in [0, 0.05) is 41.0 Å². The van der Waals surface area contributed by atoms with Crippen LogP contribution in [0.2, 0.25) is 0 Å². The van der Waals surface area contributed by atoms with Crippen LogP contribution in [0.3, 0.4) is 0 Å². The summed E-state index contributed by atoms with van der Waals surface area (Å²) in [5.41, 5.74) is 10.4. The number of nitrogens with zero attached hydrogens (tertiary/aromatic N) is 2. The molecule has 0 aliphatic heterocycles. The first-order valence-electron chi connectivity index (χ1n) is 8.33. The molecule has 4 heteroatoms. The zero-order chi connectivity index (χ0) is 17.1. The van der Waals surface area contributed by atoms with Crippen molar-refractivity contribution in [3.8, 4) is 11.1 Å². The minimum absolute atomic E-state index is 0.306. The van der Waals surface area contributed by atoms with Crippen LogP contribution in [-0.4, -0.2) is 15.5 Å². The van der Waals surface area contributed by atoms with Crippen LogP contribution in [0.15, 0.2) is 24.5 Å². The van der Waals surface area contributed by atoms with E-state index in [0.717, 1.165) is 29.7 Å². The van der Waals surface area contributed by atoms with Gasteiger partial charge < -0.3 is 10.3 Å². The number of pyridine rings is 1. The van der Waals surface area contributed by atoms with Gasteiger partial charge in [0.15, 0.2) is 0 Å². The van der Waals surface area contributed by atoms with E-state index in [2.05, 4.69) is 37.2 Å². The third-order valence-corrected chi connectivity index (χ3v) is 4.61. The van der Waals surface area contributed by atoms with Gasteiger partial charge in [-0.05, 0) is 32.3 Å². The molecule has 2 aromatic rings. The minimum Gasteiger partial charge on any atom is -0.366 e. The zero-order valence-electron chi connectivity index (χ0n) is 14.8. The second kappa shape index (κ2) is 6.99. The molecule has 0 aliphatic rings. The summed E-state index contributed by atoms with van der Waals surface area (Å²) in [5, 5.41) is 0. The Morgan fingerprint density at radius 3 is 2.52 bits per heavy atom. The standard InChI is InChI=1S/C19H27N3O/c1-6-8-16-18(15-9-7-10-21-11-15)17(19(20)23)14(5)22(16)13(4)12(2)3/h7,9-13H,6,8H2,1-5H3,(H2,20,23). The molecule has 1 unspecified atom stereocenters. The highest BCUT2D eigenvalue weighted by atomic mass is 16.1. The van der Waals surface area contributed by atoms with Crippen LogP contribution < -0.4 is 5.73 Å². The number of amides is 1. The van der Waals surface area contributed by atoms with E-state index in [1.54, 1.807) is 6.20 Å². The third kappa shape index (κ3) is 3.16. The first kappa shape index (κ1) is 17.3. The van der Waals surface area contributed by atoms with Gasteiger partial charge in [0.05, 0.1) is 5.56 Å². The van der Waals surface area contributed by atoms with Crippen molar-refractivity contribution in [1.29, 1.82) is 0 Å². The Kier molecular flexibility index (Phi) is 5.24. The molecule has 0 bridgehead atoms. The highest BCUT2D eigenvalue weighted by Crippen LogP contribution is 2.36. The van der Waals surface area contributed by atoms with E-state index in [1.165, 1.54) is 5.69 Å². The van der Waals surface area contributed by atoms with Gasteiger partial charge in [-0.25, -0.2) is 0 Å². The van der Waals surface area contributed by atoms with Gasteiger partial charge in [0.1, 0.15) is 0 Å². The van der Waals surface area contributed by atoms with Crippen molar-refractivity contribution >= 4 is 5.91 Å². The first-order valence-corrected chi connectivity index (χ1v) is 8.33. The van der Waals surface area contributed by atoms with E-state index in [4.69, 9.17) is 5.73 Å². The molecule has 2 heterocycles. The lowest BCUT2D eigenvalue weighted by Crippen LogP contribution is -2.17. The highest BCUT2D eigenvalue weighted by Gasteiger charge is 2.27. The van der Waals surface area contributed by atoms with Crippen molar-refractivity contribution in [1.82, 2.24) is 9.55 Å². The molecule has 23 heavy (non-hydrogen) atoms. The first-order chi connectivity index (χ1) is 10.9. The predicted octanol–water partition coefficient (Wildman–Crippen LogP) is 4.13. The molecule has 1 amide bonds. The molecule has 0 aromatic carbocycles. The maximum atomic E-state index is 12.2. The van der Waals surface area contributed by atoms with Gasteiger partial charge >= 0.3 is 0 Å². The van der Waals surface area contributed by atoms with Crippen molar-refractivity contribution < 1.29 is 4.79 Å². The average molecular weight is 313 g/mol. The van der Waals surface area contributed by atoms with Crippen LogP contribution in [0.5, 0.6) is 0 Å². The number of aromatic nitrogens is 2. The van der Waals surface area contributed by atoms with Crippen molar-refractivity contribution in [2.24, 2.45) is 11.7 Å². The number of hydrogen-bond acceptors (Lipinski definition) is 2. The van der Waals surface area contributed by atoms with Crippen molar-refractivity contribution in [3.05, 3.63) is 41.5 Å². The van der Waals surface area contributed by atoms with E-state index in [9.17, 15) is 4.79 Å². The van der Waals surface area contributed by atoms with Gasteiger partial charge in [-0.15, -0.1) is 0 Å². The lowest BCUT2D eigenvalue weighted by molar-refractivity contribution is 0.1000. The molecule has 1 atom stereocenters. The maximum absolute atomic E-state index is 12.2. The molecule has 0 spiro atoms. The molecule has 2 N–H and O–H groups in total. The Morgan fingerprint density at radius 2 is 2.04 bits per heavy atom. The van der Waals surface area contributed by atoms with Crippen molar-refractivity contribution in [3.63, 3.8) is 0 Å². The monoisotopic (exact) mass is 313 g/mol. The van der Waals surface area contributed by atoms with Crippen molar-refractivity contribution in [2.75, 3.05) is 0 Å². The molecular weight excluding hydrogens is 286 g/mol. The van der Waals surface area contributed by atoms with Gasteiger partial charge in [0.25, 0.3) is 5.91 Å². The number of nitrogens with two attached hydrogens (primary N) is 1. The Balaban J connectivity index is 2.82. The minimum atomic E-state index is -0.367. The largest absolute Gasteiger partial charge is 0.366 e. The molecule has 124 valence electrons. The Morgan fingerprint density at radius 1 is 1.35 bits per heavy atom. The van der Waals surface area contributed by atoms with Crippen LogP contribution in [0.1, 0.15) is 61.9 Å². The van der Waals surface area contributed by atoms with Crippen molar-refractivity contribution in [2.45, 2.75) is 53.5 Å². The molecular formula is C19H27N3O. The average Bonchev–Trinajstić information content (AvgIpc) is 2.80. The van der Waals surface area contributed by atoms with Crippen LogP contribution in [0.25, 0.3) is 11.1 Å². The molecule has 0 radical (unpaired) electrons. The molecule has 2 rings (SSSR count). The van der Waals surface area contributed by atoms with Gasteiger partial charge in [-0.3, -0.25) is 9.78 Å². The molecule has 0 aliphatic carbocycles. The molecule has 0 saturated carbocycles. The summed E-state index contributed by atoms with van der Waals surface area (Å²) in [7, 11) is 0. The van der Waals surface area contributed by atoms with Gasteiger partial charge in [-0.1, -0.05) is 33.3 Å². The molecule has 4 nitrogen and oxygen atoms in total. The smallest absolute Gasteiger partial charge is 0.251 e. The highest BCUT2D eigenvalue weighted by molar-refractivity contribution is 6.02. The summed E-state index contributed by atoms with van der Waals surface area (Å²) in [5.74, 6) is 0.104. The second-order valence-corrected chi connectivity index (χ2v) is 6.49. The fourth-order valence-electron chi connectivity index (χ4n) is 3.22. The number of carbonyl (C=O) groups is 1. The van der Waals surface area contributed by atoms with E-state index >= 15 is 0 Å². The molecule has 0 saturated heterocycles. The van der Waals surface area contributed by atoms with Crippen LogP contribution in [0, 0.1) is 12.8 Å². The van der Waals surface area contributed by atoms with Crippen LogP contribution >= 0.6 is 0 Å². The zero-order valence-corrected chi connectivity index (χ0v) is 14.8. The summed E-state index contributed by atoms with van der Waals surface area (Å²) in [6.07, 6.45) is 5.48. The Labute approximate surface area is 138 Å². The predicted molar refractivity (Wildman–Crippen MR) is 94.5 cm³/mol. The summed E-state index contributed by atoms with van der Waals surface area (Å²) in [4.78, 5) is 16.4. The fourth-order valence-corrected chi connectivity index (χ4v) is 3.22. The molecule has 2 aromatic heterocycles. The van der Waals surface area contributed by atoms with E-state index in [0.29, 0.717) is 17.5 Å². The normalized spacial score (nSPS) is 12.6. The quantitative estimate of drug-likeness (QED) is 0.871. The lowest BCUT2D eigenvalue weighted by atomic mass is 9.99. The van der Waals surface area contributed by atoms with E-state index in [-0.39, 0.29) is 5.91 Å². The number of carbonyl (C=O) groups excluding carboxylic acids is 1. The summed E-state index contributed by atoms with van der Waals surface area (Å²) >= 11 is 0. The third-order valence-electron chi connectivity index (χ3n) is 4.61. The fraction of sp³-hybridized carbons (Fsp3) is 0.474. The van der Waals surface area contributed by atoms with Gasteiger partial charge in [0.2, 0.25) is 0 Å². The molecule has 0 fully saturated rings. The topological polar surface area (TPSA) is 60.9 Å². The summed E-state index contributed by atoms with van der Waals surface area (Å²) in [6, 6.07) is 4.20. The Hall–Kier alpha value is -2.10. The van der Waals surface area contributed by atoms with Crippen LogP contribution in [-0.2, 0) is 6.42 Å². The number of rotatable bonds is 6. The van der Waals surface area contributed by atoms with Gasteiger partial charge in [-0.2, -0.15) is 0 Å². The van der Waals surface area contributed by atoms with E-state index < -0.39 is 0 Å².